The van der Waals surface area contributed by atoms with E-state index in [1.165, 1.54) is 11.8 Å². The van der Waals surface area contributed by atoms with Gasteiger partial charge < -0.3 is 10.6 Å². The molecule has 0 fully saturated rings. The first-order valence-electron chi connectivity index (χ1n) is 11.0. The minimum atomic E-state index is -0.552. The second-order valence-electron chi connectivity index (χ2n) is 7.94. The molecule has 0 saturated carbocycles. The molecular weight excluding hydrogens is 535 g/mol. The average molecular weight is 556 g/mol. The molecular formula is C28H21Cl3N2O2S. The molecule has 0 aromatic heterocycles. The van der Waals surface area contributed by atoms with Crippen LogP contribution in [0.1, 0.15) is 16.4 Å². The van der Waals surface area contributed by atoms with Gasteiger partial charge in [0.2, 0.25) is 11.8 Å². The van der Waals surface area contributed by atoms with Crippen molar-refractivity contribution in [3.05, 3.63) is 123 Å². The Morgan fingerprint density at radius 2 is 1.39 bits per heavy atom. The lowest BCUT2D eigenvalue weighted by Crippen LogP contribution is -2.19. The fourth-order valence-corrected chi connectivity index (χ4v) is 5.25. The van der Waals surface area contributed by atoms with Crippen molar-refractivity contribution in [3.63, 3.8) is 0 Å². The fraction of sp³-hybridized carbons (Fsp3) is 0.0714. The molecule has 2 amide bonds. The van der Waals surface area contributed by atoms with Gasteiger partial charge in [-0.2, -0.15) is 0 Å². The highest BCUT2D eigenvalue weighted by Gasteiger charge is 2.23. The Kier molecular flexibility index (Phi) is 8.94. The van der Waals surface area contributed by atoms with Crippen LogP contribution in [0.2, 0.25) is 15.1 Å². The summed E-state index contributed by atoms with van der Waals surface area (Å²) in [5.74, 6) is -0.364. The normalized spacial score (nSPS) is 11.5. The molecule has 0 radical (unpaired) electrons. The Morgan fingerprint density at radius 1 is 0.694 bits per heavy atom. The van der Waals surface area contributed by atoms with Crippen molar-refractivity contribution in [1.82, 2.24) is 0 Å². The SMILES string of the molecule is O=C(Cc1ccc(Cl)cc1)Nc1cccc(SC(C(=O)Nc2cc(Cl)cc(Cl)c2)c2ccccc2)c1. The number of rotatable bonds is 8. The van der Waals surface area contributed by atoms with Crippen LogP contribution in [0.5, 0.6) is 0 Å². The van der Waals surface area contributed by atoms with E-state index in [0.29, 0.717) is 26.4 Å². The predicted molar refractivity (Wildman–Crippen MR) is 150 cm³/mol. The van der Waals surface area contributed by atoms with E-state index in [9.17, 15) is 9.59 Å². The van der Waals surface area contributed by atoms with Gasteiger partial charge in [-0.25, -0.2) is 0 Å². The first-order valence-corrected chi connectivity index (χ1v) is 13.0. The molecule has 0 spiro atoms. The van der Waals surface area contributed by atoms with Crippen LogP contribution in [-0.4, -0.2) is 11.8 Å². The number of amides is 2. The molecule has 4 aromatic carbocycles. The lowest BCUT2D eigenvalue weighted by Gasteiger charge is -2.18. The van der Waals surface area contributed by atoms with E-state index in [0.717, 1.165) is 16.0 Å². The molecule has 0 aliphatic rings. The summed E-state index contributed by atoms with van der Waals surface area (Å²) in [6.07, 6.45) is 0.228. The van der Waals surface area contributed by atoms with Crippen LogP contribution in [0.25, 0.3) is 0 Å². The first kappa shape index (κ1) is 26.1. The van der Waals surface area contributed by atoms with Crippen molar-refractivity contribution in [2.45, 2.75) is 16.6 Å². The highest BCUT2D eigenvalue weighted by atomic mass is 35.5. The van der Waals surface area contributed by atoms with Gasteiger partial charge in [0.15, 0.2) is 0 Å². The third kappa shape index (κ3) is 7.52. The van der Waals surface area contributed by atoms with Crippen molar-refractivity contribution in [2.24, 2.45) is 0 Å². The number of benzene rings is 4. The van der Waals surface area contributed by atoms with Gasteiger partial charge in [-0.15, -0.1) is 11.8 Å². The average Bonchev–Trinajstić information content (AvgIpc) is 2.84. The molecule has 0 saturated heterocycles. The largest absolute Gasteiger partial charge is 0.326 e. The Morgan fingerprint density at radius 3 is 2.08 bits per heavy atom. The smallest absolute Gasteiger partial charge is 0.242 e. The van der Waals surface area contributed by atoms with Crippen molar-refractivity contribution >= 4 is 69.8 Å². The molecule has 36 heavy (non-hydrogen) atoms. The van der Waals surface area contributed by atoms with Crippen LogP contribution in [-0.2, 0) is 16.0 Å². The summed E-state index contributed by atoms with van der Waals surface area (Å²) in [5, 5.41) is 6.78. The van der Waals surface area contributed by atoms with Gasteiger partial charge in [-0.1, -0.05) is 83.3 Å². The summed E-state index contributed by atoms with van der Waals surface area (Å²) >= 11 is 19.5. The van der Waals surface area contributed by atoms with E-state index in [1.54, 1.807) is 30.3 Å². The van der Waals surface area contributed by atoms with Crippen molar-refractivity contribution in [3.8, 4) is 0 Å². The number of anilines is 2. The number of thioether (sulfide) groups is 1. The van der Waals surface area contributed by atoms with Gasteiger partial charge >= 0.3 is 0 Å². The van der Waals surface area contributed by atoms with E-state index < -0.39 is 5.25 Å². The molecule has 1 atom stereocenters. The molecule has 4 nitrogen and oxygen atoms in total. The monoisotopic (exact) mass is 554 g/mol. The van der Waals surface area contributed by atoms with Crippen LogP contribution >= 0.6 is 46.6 Å². The zero-order chi connectivity index (χ0) is 25.5. The highest BCUT2D eigenvalue weighted by Crippen LogP contribution is 2.37. The summed E-state index contributed by atoms with van der Waals surface area (Å²) in [7, 11) is 0. The van der Waals surface area contributed by atoms with E-state index in [1.807, 2.05) is 66.7 Å². The van der Waals surface area contributed by atoms with Gasteiger partial charge in [-0.05, 0) is 59.7 Å². The molecule has 0 aliphatic heterocycles. The molecule has 0 aliphatic carbocycles. The quantitative estimate of drug-likeness (QED) is 0.215. The molecule has 4 aromatic rings. The summed E-state index contributed by atoms with van der Waals surface area (Å²) in [6, 6.07) is 29.0. The third-order valence-electron chi connectivity index (χ3n) is 5.12. The van der Waals surface area contributed by atoms with E-state index in [-0.39, 0.29) is 18.2 Å². The number of hydrogen-bond acceptors (Lipinski definition) is 3. The number of nitrogens with one attached hydrogen (secondary N) is 2. The zero-order valence-electron chi connectivity index (χ0n) is 18.9. The molecule has 1 unspecified atom stereocenters. The van der Waals surface area contributed by atoms with Crippen LogP contribution in [0, 0.1) is 0 Å². The van der Waals surface area contributed by atoms with E-state index in [2.05, 4.69) is 10.6 Å². The van der Waals surface area contributed by atoms with Crippen molar-refractivity contribution in [2.75, 3.05) is 10.6 Å². The number of carbonyl (C=O) groups is 2. The highest BCUT2D eigenvalue weighted by molar-refractivity contribution is 8.00. The second-order valence-corrected chi connectivity index (χ2v) is 10.4. The maximum absolute atomic E-state index is 13.3. The minimum Gasteiger partial charge on any atom is -0.326 e. The zero-order valence-corrected chi connectivity index (χ0v) is 22.0. The summed E-state index contributed by atoms with van der Waals surface area (Å²) in [4.78, 5) is 26.7. The molecule has 0 bridgehead atoms. The maximum Gasteiger partial charge on any atom is 0.242 e. The minimum absolute atomic E-state index is 0.144. The number of hydrogen-bond donors (Lipinski definition) is 2. The molecule has 8 heteroatoms. The van der Waals surface area contributed by atoms with Crippen LogP contribution < -0.4 is 10.6 Å². The van der Waals surface area contributed by atoms with Crippen LogP contribution in [0.3, 0.4) is 0 Å². The molecule has 2 N–H and O–H groups in total. The lowest BCUT2D eigenvalue weighted by atomic mass is 10.1. The molecule has 182 valence electrons. The van der Waals surface area contributed by atoms with Gasteiger partial charge in [0.05, 0.1) is 6.42 Å². The first-order chi connectivity index (χ1) is 17.4. The Hall–Kier alpha value is -2.96. The van der Waals surface area contributed by atoms with Gasteiger partial charge in [0, 0.05) is 31.3 Å². The molecule has 0 heterocycles. The van der Waals surface area contributed by atoms with Crippen LogP contribution in [0.4, 0.5) is 11.4 Å². The van der Waals surface area contributed by atoms with Crippen molar-refractivity contribution < 1.29 is 9.59 Å². The molecule has 4 rings (SSSR count). The fourth-order valence-electron chi connectivity index (χ4n) is 3.51. The summed E-state index contributed by atoms with van der Waals surface area (Å²) in [6.45, 7) is 0. The third-order valence-corrected chi connectivity index (χ3v) is 7.06. The van der Waals surface area contributed by atoms with E-state index in [4.69, 9.17) is 34.8 Å². The topological polar surface area (TPSA) is 58.2 Å². The van der Waals surface area contributed by atoms with E-state index >= 15 is 0 Å². The Labute approximate surface area is 229 Å². The number of halogens is 3. The van der Waals surface area contributed by atoms with Gasteiger partial charge in [0.25, 0.3) is 0 Å². The summed E-state index contributed by atoms with van der Waals surface area (Å²) in [5.41, 5.74) is 2.87. The predicted octanol–water partition coefficient (Wildman–Crippen LogP) is 8.30. The lowest BCUT2D eigenvalue weighted by molar-refractivity contribution is -0.116. The second kappa shape index (κ2) is 12.3. The van der Waals surface area contributed by atoms with Crippen molar-refractivity contribution in [1.29, 1.82) is 0 Å². The number of carbonyl (C=O) groups excluding carboxylic acids is 2. The Bertz CT molecular complexity index is 1340. The maximum atomic E-state index is 13.3. The Balaban J connectivity index is 1.50. The standard InChI is InChI=1S/C28H21Cl3N2O2S/c29-20-11-9-18(10-12-20)13-26(34)32-23-7-4-8-25(17-23)36-27(19-5-2-1-3-6-19)28(35)33-24-15-21(30)14-22(31)16-24/h1-12,14-17,27H,13H2,(H,32,34)(H,33,35). The van der Waals surface area contributed by atoms with Crippen LogP contribution in [0.15, 0.2) is 102 Å². The summed E-state index contributed by atoms with van der Waals surface area (Å²) < 4.78 is 0. The van der Waals surface area contributed by atoms with Gasteiger partial charge in [0.1, 0.15) is 5.25 Å². The van der Waals surface area contributed by atoms with Gasteiger partial charge in [-0.3, -0.25) is 9.59 Å².